The number of hydrogen-bond donors (Lipinski definition) is 1. The molecule has 0 aliphatic carbocycles. The molecule has 104 valence electrons. The van der Waals surface area contributed by atoms with Gasteiger partial charge in [-0.3, -0.25) is 13.9 Å². The molecule has 2 aliphatic rings. The van der Waals surface area contributed by atoms with E-state index >= 15 is 0 Å². The highest BCUT2D eigenvalue weighted by Gasteiger charge is 2.42. The van der Waals surface area contributed by atoms with Crippen LogP contribution in [0.25, 0.3) is 0 Å². The Bertz CT molecular complexity index is 621. The van der Waals surface area contributed by atoms with Crippen LogP contribution in [0.4, 0.5) is 0 Å². The summed E-state index contributed by atoms with van der Waals surface area (Å²) in [5.74, 6) is 0.468. The van der Waals surface area contributed by atoms with Crippen molar-refractivity contribution in [2.24, 2.45) is 14.1 Å². The second-order valence-electron chi connectivity index (χ2n) is 5.55. The van der Waals surface area contributed by atoms with Gasteiger partial charge < -0.3 is 10.1 Å². The summed E-state index contributed by atoms with van der Waals surface area (Å²) in [5, 5.41) is 3.35. The molecule has 1 aromatic rings. The van der Waals surface area contributed by atoms with Crippen LogP contribution in [0.1, 0.15) is 24.8 Å². The summed E-state index contributed by atoms with van der Waals surface area (Å²) in [4.78, 5) is 24.1. The molecule has 1 N–H and O–H groups in total. The van der Waals surface area contributed by atoms with Gasteiger partial charge in [-0.1, -0.05) is 0 Å². The number of fused-ring (bicyclic) bond motifs is 1. The second kappa shape index (κ2) is 4.23. The van der Waals surface area contributed by atoms with Crippen molar-refractivity contribution in [3.8, 4) is 5.88 Å². The van der Waals surface area contributed by atoms with Crippen molar-refractivity contribution in [2.45, 2.75) is 31.3 Å². The van der Waals surface area contributed by atoms with Gasteiger partial charge in [-0.2, -0.15) is 0 Å². The topological polar surface area (TPSA) is 65.3 Å². The van der Waals surface area contributed by atoms with E-state index in [0.29, 0.717) is 17.9 Å². The quantitative estimate of drug-likeness (QED) is 0.689. The van der Waals surface area contributed by atoms with Crippen molar-refractivity contribution >= 4 is 0 Å². The first kappa shape index (κ1) is 12.5. The van der Waals surface area contributed by atoms with Crippen molar-refractivity contribution in [1.82, 2.24) is 14.5 Å². The predicted octanol–water partition coefficient (Wildman–Crippen LogP) is -0.469. The zero-order valence-corrected chi connectivity index (χ0v) is 11.4. The minimum Gasteiger partial charge on any atom is -0.471 e. The first-order valence-electron chi connectivity index (χ1n) is 6.73. The van der Waals surface area contributed by atoms with Gasteiger partial charge in [0, 0.05) is 20.5 Å². The fraction of sp³-hybridized carbons (Fsp3) is 0.692. The van der Waals surface area contributed by atoms with E-state index in [4.69, 9.17) is 4.74 Å². The Labute approximate surface area is 111 Å². The number of rotatable bonds is 0. The first-order chi connectivity index (χ1) is 9.04. The molecule has 1 aromatic heterocycles. The number of nitrogens with zero attached hydrogens (tertiary/aromatic N) is 2. The van der Waals surface area contributed by atoms with Crippen LogP contribution in [-0.4, -0.2) is 27.8 Å². The molecule has 3 heterocycles. The van der Waals surface area contributed by atoms with Gasteiger partial charge in [-0.25, -0.2) is 4.79 Å². The van der Waals surface area contributed by atoms with Gasteiger partial charge >= 0.3 is 5.69 Å². The monoisotopic (exact) mass is 265 g/mol. The van der Waals surface area contributed by atoms with Gasteiger partial charge in [0.2, 0.25) is 5.88 Å². The minimum atomic E-state index is -0.326. The number of hydrogen-bond acceptors (Lipinski definition) is 4. The van der Waals surface area contributed by atoms with Crippen molar-refractivity contribution in [1.29, 1.82) is 0 Å². The van der Waals surface area contributed by atoms with Gasteiger partial charge in [0.1, 0.15) is 5.60 Å². The van der Waals surface area contributed by atoms with Gasteiger partial charge in [0.15, 0.2) is 0 Å². The summed E-state index contributed by atoms with van der Waals surface area (Å²) >= 11 is 0. The lowest BCUT2D eigenvalue weighted by Gasteiger charge is -2.26. The molecule has 1 fully saturated rings. The molecule has 19 heavy (non-hydrogen) atoms. The Morgan fingerprint density at radius 1 is 1.16 bits per heavy atom. The Balaban J connectivity index is 2.09. The number of aromatic nitrogens is 2. The fourth-order valence-corrected chi connectivity index (χ4v) is 3.12. The maximum Gasteiger partial charge on any atom is 0.333 e. The average Bonchev–Trinajstić information content (AvgIpc) is 2.62. The Morgan fingerprint density at radius 2 is 1.95 bits per heavy atom. The van der Waals surface area contributed by atoms with Crippen molar-refractivity contribution in [3.63, 3.8) is 0 Å². The van der Waals surface area contributed by atoms with Gasteiger partial charge in [-0.15, -0.1) is 0 Å². The third-order valence-electron chi connectivity index (χ3n) is 4.25. The van der Waals surface area contributed by atoms with Crippen LogP contribution in [0.15, 0.2) is 9.59 Å². The average molecular weight is 265 g/mol. The van der Waals surface area contributed by atoms with E-state index in [1.807, 2.05) is 0 Å². The van der Waals surface area contributed by atoms with Crippen molar-refractivity contribution in [2.75, 3.05) is 13.1 Å². The molecule has 1 saturated heterocycles. The standard InChI is InChI=1S/C13H19N3O3/c1-15-10(17)9-8-13(4-3-6-14-7-5-13)19-11(9)16(2)12(15)18/h14H,3-8H2,1-2H3/t13-/m1/s1. The SMILES string of the molecule is Cn1c2c(c(=O)n(C)c1=O)C[C@]1(CCCNCC1)O2. The summed E-state index contributed by atoms with van der Waals surface area (Å²) in [6.07, 6.45) is 3.44. The molecule has 3 rings (SSSR count). The summed E-state index contributed by atoms with van der Waals surface area (Å²) in [5.41, 5.74) is -0.199. The molecule has 0 radical (unpaired) electrons. The lowest BCUT2D eigenvalue weighted by molar-refractivity contribution is 0.0726. The van der Waals surface area contributed by atoms with Gasteiger partial charge in [-0.05, 0) is 32.4 Å². The van der Waals surface area contributed by atoms with Crippen LogP contribution in [0.3, 0.4) is 0 Å². The highest BCUT2D eigenvalue weighted by molar-refractivity contribution is 5.32. The van der Waals surface area contributed by atoms with E-state index in [-0.39, 0.29) is 16.9 Å². The lowest BCUT2D eigenvalue weighted by atomic mass is 9.90. The Kier molecular flexibility index (Phi) is 2.78. The molecule has 1 atom stereocenters. The third-order valence-corrected chi connectivity index (χ3v) is 4.25. The van der Waals surface area contributed by atoms with Crippen LogP contribution in [0.2, 0.25) is 0 Å². The minimum absolute atomic E-state index is 0.216. The molecular weight excluding hydrogens is 246 g/mol. The maximum atomic E-state index is 12.2. The highest BCUT2D eigenvalue weighted by Crippen LogP contribution is 2.37. The van der Waals surface area contributed by atoms with E-state index in [2.05, 4.69) is 5.32 Å². The highest BCUT2D eigenvalue weighted by atomic mass is 16.5. The van der Waals surface area contributed by atoms with Crippen molar-refractivity contribution in [3.05, 3.63) is 26.4 Å². The summed E-state index contributed by atoms with van der Waals surface area (Å²) in [6, 6.07) is 0. The molecule has 0 bridgehead atoms. The Morgan fingerprint density at radius 3 is 2.74 bits per heavy atom. The van der Waals surface area contributed by atoms with E-state index in [0.717, 1.165) is 36.9 Å². The third kappa shape index (κ3) is 1.82. The number of ether oxygens (including phenoxy) is 1. The molecule has 0 saturated carbocycles. The maximum absolute atomic E-state index is 12.2. The fourth-order valence-electron chi connectivity index (χ4n) is 3.12. The molecular formula is C13H19N3O3. The van der Waals surface area contributed by atoms with Crippen LogP contribution >= 0.6 is 0 Å². The predicted molar refractivity (Wildman–Crippen MR) is 70.7 cm³/mol. The van der Waals surface area contributed by atoms with E-state index < -0.39 is 0 Å². The molecule has 6 heteroatoms. The normalized spacial score (nSPS) is 26.0. The molecule has 0 aromatic carbocycles. The van der Waals surface area contributed by atoms with E-state index in [1.165, 1.54) is 11.6 Å². The molecule has 0 amide bonds. The molecule has 2 aliphatic heterocycles. The Hall–Kier alpha value is -1.56. The van der Waals surface area contributed by atoms with Gasteiger partial charge in [0.05, 0.1) is 5.56 Å². The first-order valence-corrected chi connectivity index (χ1v) is 6.73. The van der Waals surface area contributed by atoms with Crippen LogP contribution in [-0.2, 0) is 20.5 Å². The second-order valence-corrected chi connectivity index (χ2v) is 5.55. The summed E-state index contributed by atoms with van der Waals surface area (Å²) in [6.45, 7) is 1.88. The van der Waals surface area contributed by atoms with Crippen molar-refractivity contribution < 1.29 is 4.74 Å². The molecule has 6 nitrogen and oxygen atoms in total. The smallest absolute Gasteiger partial charge is 0.333 e. The molecule has 0 unspecified atom stereocenters. The van der Waals surface area contributed by atoms with Crippen LogP contribution in [0, 0.1) is 0 Å². The van der Waals surface area contributed by atoms with Gasteiger partial charge in [0.25, 0.3) is 5.56 Å². The van der Waals surface area contributed by atoms with E-state index in [9.17, 15) is 9.59 Å². The summed E-state index contributed by atoms with van der Waals surface area (Å²) < 4.78 is 8.68. The number of nitrogens with one attached hydrogen (secondary N) is 1. The zero-order valence-electron chi connectivity index (χ0n) is 11.4. The largest absolute Gasteiger partial charge is 0.471 e. The lowest BCUT2D eigenvalue weighted by Crippen LogP contribution is -2.38. The van der Waals surface area contributed by atoms with E-state index in [1.54, 1.807) is 7.05 Å². The van der Waals surface area contributed by atoms with Crippen LogP contribution < -0.4 is 21.3 Å². The zero-order chi connectivity index (χ0) is 13.6. The summed E-state index contributed by atoms with van der Waals surface area (Å²) in [7, 11) is 3.18. The molecule has 1 spiro atoms. The van der Waals surface area contributed by atoms with Crippen LogP contribution in [0.5, 0.6) is 5.88 Å².